The first-order chi connectivity index (χ1) is 34.0. The third-order valence-electron chi connectivity index (χ3n) is 13.6. The summed E-state index contributed by atoms with van der Waals surface area (Å²) in [7, 11) is 0. The van der Waals surface area contributed by atoms with Crippen molar-refractivity contribution in [1.29, 1.82) is 0 Å². The molecule has 0 heterocycles. The van der Waals surface area contributed by atoms with E-state index in [1.807, 2.05) is 0 Å². The van der Waals surface area contributed by atoms with Crippen LogP contribution < -0.4 is 0 Å². The van der Waals surface area contributed by atoms with Gasteiger partial charge in [-0.3, -0.25) is 14.4 Å². The van der Waals surface area contributed by atoms with Crippen LogP contribution in [-0.4, -0.2) is 37.2 Å². The van der Waals surface area contributed by atoms with Gasteiger partial charge in [-0.15, -0.1) is 0 Å². The van der Waals surface area contributed by atoms with Crippen molar-refractivity contribution in [3.63, 3.8) is 0 Å². The summed E-state index contributed by atoms with van der Waals surface area (Å²) in [5, 5.41) is 0. The molecule has 0 amide bonds. The monoisotopic (exact) mass is 969 g/mol. The van der Waals surface area contributed by atoms with E-state index in [4.69, 9.17) is 14.2 Å². The van der Waals surface area contributed by atoms with Crippen molar-refractivity contribution in [2.45, 2.75) is 335 Å². The molecule has 0 aliphatic rings. The summed E-state index contributed by atoms with van der Waals surface area (Å²) >= 11 is 0. The molecule has 0 saturated heterocycles. The van der Waals surface area contributed by atoms with Gasteiger partial charge in [-0.2, -0.15) is 0 Å². The molecule has 0 aromatic heterocycles. The highest BCUT2D eigenvalue weighted by Crippen LogP contribution is 2.16. The zero-order valence-electron chi connectivity index (χ0n) is 46.3. The molecule has 0 aromatic rings. The topological polar surface area (TPSA) is 78.9 Å². The van der Waals surface area contributed by atoms with E-state index in [1.165, 1.54) is 231 Å². The van der Waals surface area contributed by atoms with Gasteiger partial charge in [0.2, 0.25) is 0 Å². The Bertz CT molecular complexity index is 1160. The second kappa shape index (κ2) is 58.2. The molecule has 6 nitrogen and oxygen atoms in total. The van der Waals surface area contributed by atoms with Gasteiger partial charge in [-0.1, -0.05) is 250 Å². The number of ether oxygens (including phenoxy) is 3. The van der Waals surface area contributed by atoms with E-state index in [2.05, 4.69) is 57.2 Å². The molecule has 0 bridgehead atoms. The average Bonchev–Trinajstić information content (AvgIpc) is 3.35. The van der Waals surface area contributed by atoms with E-state index in [0.29, 0.717) is 19.3 Å². The van der Waals surface area contributed by atoms with Crippen LogP contribution in [0.4, 0.5) is 0 Å². The summed E-state index contributed by atoms with van der Waals surface area (Å²) in [6, 6.07) is 0. The molecule has 0 spiro atoms. The number of esters is 3. The minimum atomic E-state index is -0.777. The highest BCUT2D eigenvalue weighted by atomic mass is 16.6. The third kappa shape index (κ3) is 56.4. The van der Waals surface area contributed by atoms with Gasteiger partial charge in [0, 0.05) is 19.3 Å². The second-order valence-corrected chi connectivity index (χ2v) is 20.6. The van der Waals surface area contributed by atoms with Crippen LogP contribution in [0.25, 0.3) is 0 Å². The van der Waals surface area contributed by atoms with Gasteiger partial charge in [0.15, 0.2) is 6.10 Å². The van der Waals surface area contributed by atoms with Gasteiger partial charge in [0.05, 0.1) is 0 Å². The first-order valence-corrected chi connectivity index (χ1v) is 30.5. The first kappa shape index (κ1) is 66.6. The molecule has 0 N–H and O–H groups in total. The number of hydrogen-bond acceptors (Lipinski definition) is 6. The van der Waals surface area contributed by atoms with Gasteiger partial charge in [-0.25, -0.2) is 0 Å². The zero-order valence-corrected chi connectivity index (χ0v) is 46.3. The lowest BCUT2D eigenvalue weighted by Crippen LogP contribution is -2.30. The summed E-state index contributed by atoms with van der Waals surface area (Å²) in [6.07, 6.45) is 69.9. The van der Waals surface area contributed by atoms with Crippen LogP contribution in [0.1, 0.15) is 329 Å². The molecule has 0 aliphatic heterocycles. The maximum atomic E-state index is 12.9. The lowest BCUT2D eigenvalue weighted by Gasteiger charge is -2.18. The fraction of sp³-hybridized carbons (Fsp3) is 0.857. The smallest absolute Gasteiger partial charge is 0.306 e. The fourth-order valence-corrected chi connectivity index (χ4v) is 8.96. The lowest BCUT2D eigenvalue weighted by atomic mass is 10.1. The Kier molecular flexibility index (Phi) is 56.2. The number of carbonyl (C=O) groups is 3. The number of rotatable bonds is 56. The lowest BCUT2D eigenvalue weighted by molar-refractivity contribution is -0.167. The van der Waals surface area contributed by atoms with Gasteiger partial charge >= 0.3 is 17.9 Å². The van der Waals surface area contributed by atoms with Crippen LogP contribution in [0.15, 0.2) is 36.5 Å². The summed E-state index contributed by atoms with van der Waals surface area (Å²) in [6.45, 7) is 6.66. The minimum absolute atomic E-state index is 0.0750. The van der Waals surface area contributed by atoms with E-state index < -0.39 is 6.10 Å². The zero-order chi connectivity index (χ0) is 50.0. The predicted octanol–water partition coefficient (Wildman–Crippen LogP) is 20.4. The Labute approximate surface area is 429 Å². The third-order valence-corrected chi connectivity index (χ3v) is 13.6. The van der Waals surface area contributed by atoms with Gasteiger partial charge < -0.3 is 14.2 Å². The summed E-state index contributed by atoms with van der Waals surface area (Å²) in [5.74, 6) is -0.869. The number of allylic oxidation sites excluding steroid dienone is 6. The van der Waals surface area contributed by atoms with E-state index in [9.17, 15) is 14.4 Å². The number of carbonyl (C=O) groups excluding carboxylic acids is 3. The minimum Gasteiger partial charge on any atom is -0.462 e. The van der Waals surface area contributed by atoms with Crippen molar-refractivity contribution in [2.24, 2.45) is 0 Å². The van der Waals surface area contributed by atoms with Crippen LogP contribution in [0, 0.1) is 0 Å². The molecule has 0 aliphatic carbocycles. The maximum absolute atomic E-state index is 12.9. The molecule has 1 atom stereocenters. The Morgan fingerprint density at radius 1 is 0.275 bits per heavy atom. The second-order valence-electron chi connectivity index (χ2n) is 20.6. The van der Waals surface area contributed by atoms with Crippen LogP contribution >= 0.6 is 0 Å². The number of unbranched alkanes of at least 4 members (excludes halogenated alkanes) is 39. The van der Waals surface area contributed by atoms with Crippen molar-refractivity contribution < 1.29 is 28.6 Å². The van der Waals surface area contributed by atoms with E-state index in [0.717, 1.165) is 57.8 Å². The van der Waals surface area contributed by atoms with Gasteiger partial charge in [-0.05, 0) is 96.3 Å². The van der Waals surface area contributed by atoms with Crippen LogP contribution in [-0.2, 0) is 28.6 Å². The predicted molar refractivity (Wildman–Crippen MR) is 298 cm³/mol. The average molecular weight is 970 g/mol. The molecule has 404 valence electrons. The molecule has 0 fully saturated rings. The largest absolute Gasteiger partial charge is 0.462 e. The molecular formula is C63H116O6. The molecule has 0 aromatic carbocycles. The highest BCUT2D eigenvalue weighted by Gasteiger charge is 2.19. The Hall–Kier alpha value is -2.37. The molecule has 1 unspecified atom stereocenters. The van der Waals surface area contributed by atoms with Crippen molar-refractivity contribution in [2.75, 3.05) is 13.2 Å². The van der Waals surface area contributed by atoms with Crippen LogP contribution in [0.5, 0.6) is 0 Å². The van der Waals surface area contributed by atoms with Crippen LogP contribution in [0.3, 0.4) is 0 Å². The van der Waals surface area contributed by atoms with Crippen LogP contribution in [0.2, 0.25) is 0 Å². The maximum Gasteiger partial charge on any atom is 0.306 e. The quantitative estimate of drug-likeness (QED) is 0.0261. The van der Waals surface area contributed by atoms with Crippen molar-refractivity contribution in [3.8, 4) is 0 Å². The summed E-state index contributed by atoms with van der Waals surface area (Å²) < 4.78 is 16.9. The fourth-order valence-electron chi connectivity index (χ4n) is 8.96. The molecule has 0 saturated carbocycles. The van der Waals surface area contributed by atoms with Crippen molar-refractivity contribution in [1.82, 2.24) is 0 Å². The molecular weight excluding hydrogens is 853 g/mol. The summed E-state index contributed by atoms with van der Waals surface area (Å²) in [4.78, 5) is 38.2. The van der Waals surface area contributed by atoms with Gasteiger partial charge in [0.1, 0.15) is 13.2 Å². The molecule has 0 rings (SSSR count). The Balaban J connectivity index is 4.35. The van der Waals surface area contributed by atoms with Crippen molar-refractivity contribution >= 4 is 17.9 Å². The van der Waals surface area contributed by atoms with Gasteiger partial charge in [0.25, 0.3) is 0 Å². The normalized spacial score (nSPS) is 12.2. The summed E-state index contributed by atoms with van der Waals surface area (Å²) in [5.41, 5.74) is 0. The highest BCUT2D eigenvalue weighted by molar-refractivity contribution is 5.71. The Morgan fingerprint density at radius 3 is 0.739 bits per heavy atom. The number of hydrogen-bond donors (Lipinski definition) is 0. The molecule has 6 heteroatoms. The van der Waals surface area contributed by atoms with E-state index in [1.54, 1.807) is 0 Å². The van der Waals surface area contributed by atoms with E-state index in [-0.39, 0.29) is 31.1 Å². The Morgan fingerprint density at radius 2 is 0.478 bits per heavy atom. The SMILES string of the molecule is CCCCCC/C=C\CCCCCCCCCC(=O)OCC(COC(=O)CCCCCCCCC/C=C\CCCCCCCCCC)OC(=O)CCCCCCCCC/C=C\CCCCCCCC. The van der Waals surface area contributed by atoms with E-state index >= 15 is 0 Å². The standard InChI is InChI=1S/C63H116O6/c1-4-7-10-13-16-19-22-25-28-30-31-33-35-38-41-44-47-50-53-56-62(65)68-59-60(58-67-61(64)55-52-49-46-43-40-37-34-27-24-21-18-15-12-9-6-3)69-63(66)57-54-51-48-45-42-39-36-32-29-26-23-20-17-14-11-8-5-2/h21,24,26,29-31,60H,4-20,22-23,25,27-28,32-59H2,1-3H3/b24-21-,29-26-,31-30-. The molecule has 69 heavy (non-hydrogen) atoms. The molecule has 0 radical (unpaired) electrons. The van der Waals surface area contributed by atoms with Crippen molar-refractivity contribution in [3.05, 3.63) is 36.5 Å². The first-order valence-electron chi connectivity index (χ1n) is 30.5.